The monoisotopic (exact) mass is 313 g/mol. The number of unbranched alkanes of at least 4 members (excludes halogenated alkanes) is 1. The normalized spacial score (nSPS) is 13.0. The second kappa shape index (κ2) is 7.53. The third-order valence-electron chi connectivity index (χ3n) is 3.25. The van der Waals surface area contributed by atoms with E-state index >= 15 is 0 Å². The molecule has 7 heteroatoms. The van der Waals surface area contributed by atoms with E-state index in [1.54, 1.807) is 13.0 Å². The molecule has 1 atom stereocenters. The molecule has 0 spiro atoms. The van der Waals surface area contributed by atoms with Gasteiger partial charge in [-0.25, -0.2) is 13.1 Å². The number of nitrogens with one attached hydrogen (secondary N) is 2. The van der Waals surface area contributed by atoms with Gasteiger partial charge in [-0.15, -0.1) is 0 Å². The van der Waals surface area contributed by atoms with Gasteiger partial charge in [0, 0.05) is 5.69 Å². The quantitative estimate of drug-likeness (QED) is 0.707. The molecule has 1 amide bonds. The number of sulfonamides is 1. The van der Waals surface area contributed by atoms with Crippen molar-refractivity contribution in [1.29, 1.82) is 0 Å². The van der Waals surface area contributed by atoms with Gasteiger partial charge in [-0.2, -0.15) is 0 Å². The Morgan fingerprint density at radius 3 is 2.62 bits per heavy atom. The zero-order valence-electron chi connectivity index (χ0n) is 12.6. The molecule has 0 aromatic heterocycles. The Morgan fingerprint density at radius 2 is 2.05 bits per heavy atom. The topological polar surface area (TPSA) is 101 Å². The van der Waals surface area contributed by atoms with Gasteiger partial charge in [0.1, 0.15) is 0 Å². The van der Waals surface area contributed by atoms with Crippen molar-refractivity contribution in [2.45, 2.75) is 44.0 Å². The molecule has 0 bridgehead atoms. The number of anilines is 1. The van der Waals surface area contributed by atoms with Crippen molar-refractivity contribution >= 4 is 21.6 Å². The van der Waals surface area contributed by atoms with Gasteiger partial charge in [0.15, 0.2) is 0 Å². The number of aryl methyl sites for hydroxylation is 1. The molecule has 21 heavy (non-hydrogen) atoms. The maximum atomic E-state index is 12.0. The molecule has 0 heterocycles. The second-order valence-electron chi connectivity index (χ2n) is 4.92. The second-order valence-corrected chi connectivity index (χ2v) is 6.81. The molecule has 6 nitrogen and oxygen atoms in total. The van der Waals surface area contributed by atoms with E-state index in [9.17, 15) is 13.2 Å². The predicted octanol–water partition coefficient (Wildman–Crippen LogP) is 1.36. The number of amides is 1. The van der Waals surface area contributed by atoms with E-state index in [4.69, 9.17) is 5.73 Å². The summed E-state index contributed by atoms with van der Waals surface area (Å²) in [5.41, 5.74) is 7.05. The molecule has 0 aliphatic heterocycles. The minimum Gasteiger partial charge on any atom is -0.324 e. The van der Waals surface area contributed by atoms with Crippen molar-refractivity contribution in [3.8, 4) is 0 Å². The fourth-order valence-corrected chi connectivity index (χ4v) is 2.56. The highest BCUT2D eigenvalue weighted by Crippen LogP contribution is 2.20. The van der Waals surface area contributed by atoms with E-state index in [2.05, 4.69) is 10.0 Å². The zero-order valence-corrected chi connectivity index (χ0v) is 13.5. The molecular formula is C14H23N3O3S. The van der Waals surface area contributed by atoms with Gasteiger partial charge in [0.05, 0.1) is 10.9 Å². The number of nitrogens with two attached hydrogens (primary N) is 1. The summed E-state index contributed by atoms with van der Waals surface area (Å²) < 4.78 is 25.8. The van der Waals surface area contributed by atoms with Crippen LogP contribution < -0.4 is 15.8 Å². The smallest absolute Gasteiger partial charge is 0.241 e. The Bertz CT molecular complexity index is 599. The lowest BCUT2D eigenvalue weighted by atomic mass is 10.1. The van der Waals surface area contributed by atoms with Crippen molar-refractivity contribution in [3.63, 3.8) is 0 Å². The Labute approximate surface area is 126 Å². The number of rotatable bonds is 7. The largest absolute Gasteiger partial charge is 0.324 e. The molecule has 0 saturated heterocycles. The van der Waals surface area contributed by atoms with Crippen LogP contribution in [0.25, 0.3) is 0 Å². The highest BCUT2D eigenvalue weighted by atomic mass is 32.2. The molecule has 118 valence electrons. The molecule has 0 aliphatic carbocycles. The Balaban J connectivity index is 2.93. The fourth-order valence-electron chi connectivity index (χ4n) is 1.80. The summed E-state index contributed by atoms with van der Waals surface area (Å²) in [7, 11) is -2.20. The minimum absolute atomic E-state index is 0.105. The van der Waals surface area contributed by atoms with E-state index < -0.39 is 16.1 Å². The van der Waals surface area contributed by atoms with Gasteiger partial charge in [0.25, 0.3) is 0 Å². The first-order valence-electron chi connectivity index (χ1n) is 6.92. The molecule has 1 rings (SSSR count). The van der Waals surface area contributed by atoms with Crippen LogP contribution in [0.5, 0.6) is 0 Å². The third kappa shape index (κ3) is 4.80. The first kappa shape index (κ1) is 17.6. The maximum Gasteiger partial charge on any atom is 0.241 e. The van der Waals surface area contributed by atoms with Crippen LogP contribution in [-0.2, 0) is 14.8 Å². The summed E-state index contributed by atoms with van der Waals surface area (Å²) in [4.78, 5) is 12.1. The Morgan fingerprint density at radius 1 is 1.38 bits per heavy atom. The van der Waals surface area contributed by atoms with Crippen LogP contribution in [0, 0.1) is 6.92 Å². The number of hydrogen-bond donors (Lipinski definition) is 3. The van der Waals surface area contributed by atoms with Crippen molar-refractivity contribution in [1.82, 2.24) is 4.72 Å². The zero-order chi connectivity index (χ0) is 16.0. The lowest BCUT2D eigenvalue weighted by molar-refractivity contribution is -0.117. The fraction of sp³-hybridized carbons (Fsp3) is 0.500. The van der Waals surface area contributed by atoms with Crippen molar-refractivity contribution in [3.05, 3.63) is 23.8 Å². The van der Waals surface area contributed by atoms with Gasteiger partial charge in [-0.1, -0.05) is 25.8 Å². The van der Waals surface area contributed by atoms with Gasteiger partial charge in [-0.3, -0.25) is 4.79 Å². The summed E-state index contributed by atoms with van der Waals surface area (Å²) in [6, 6.07) is 3.99. The first-order chi connectivity index (χ1) is 9.81. The lowest BCUT2D eigenvalue weighted by Crippen LogP contribution is -2.35. The summed E-state index contributed by atoms with van der Waals surface area (Å²) >= 11 is 0. The van der Waals surface area contributed by atoms with Gasteiger partial charge >= 0.3 is 0 Å². The summed E-state index contributed by atoms with van der Waals surface area (Å²) in [6.45, 7) is 3.82. The average Bonchev–Trinajstić information content (AvgIpc) is 2.46. The van der Waals surface area contributed by atoms with E-state index in [0.29, 0.717) is 12.1 Å². The summed E-state index contributed by atoms with van der Waals surface area (Å²) in [5.74, 6) is -0.300. The Kier molecular flexibility index (Phi) is 6.32. The van der Waals surface area contributed by atoms with Crippen molar-refractivity contribution < 1.29 is 13.2 Å². The summed E-state index contributed by atoms with van der Waals surface area (Å²) in [6.07, 6.45) is 2.45. The molecule has 0 radical (unpaired) electrons. The predicted molar refractivity (Wildman–Crippen MR) is 83.6 cm³/mol. The molecule has 4 N–H and O–H groups in total. The van der Waals surface area contributed by atoms with Crippen LogP contribution in [-0.4, -0.2) is 27.4 Å². The van der Waals surface area contributed by atoms with Gasteiger partial charge in [0.2, 0.25) is 15.9 Å². The molecule has 1 aromatic carbocycles. The number of hydrogen-bond acceptors (Lipinski definition) is 4. The standard InChI is InChI=1S/C14H23N3O3S/c1-4-5-6-12(15)14(18)17-13-9-11(8-7-10(13)2)21(19,20)16-3/h7-9,12,16H,4-6,15H2,1-3H3,(H,17,18)/t12-/m0/s1. The van der Waals surface area contributed by atoms with E-state index in [-0.39, 0.29) is 10.8 Å². The van der Waals surface area contributed by atoms with E-state index in [1.165, 1.54) is 19.2 Å². The van der Waals surface area contributed by atoms with Crippen molar-refractivity contribution in [2.75, 3.05) is 12.4 Å². The van der Waals surface area contributed by atoms with Gasteiger partial charge in [-0.05, 0) is 38.1 Å². The van der Waals surface area contributed by atoms with Gasteiger partial charge < -0.3 is 11.1 Å². The molecular weight excluding hydrogens is 290 g/mol. The molecule has 0 saturated carbocycles. The van der Waals surface area contributed by atoms with Crippen LogP contribution in [0.1, 0.15) is 31.7 Å². The number of carbonyl (C=O) groups excluding carboxylic acids is 1. The molecule has 1 aromatic rings. The first-order valence-corrected chi connectivity index (χ1v) is 8.40. The van der Waals surface area contributed by atoms with Crippen LogP contribution in [0.15, 0.2) is 23.1 Å². The molecule has 0 unspecified atom stereocenters. The molecule has 0 fully saturated rings. The van der Waals surface area contributed by atoms with E-state index in [0.717, 1.165) is 18.4 Å². The SMILES string of the molecule is CCCC[C@H](N)C(=O)Nc1cc(S(=O)(=O)NC)ccc1C. The van der Waals surface area contributed by atoms with Crippen LogP contribution >= 0.6 is 0 Å². The lowest BCUT2D eigenvalue weighted by Gasteiger charge is -2.14. The third-order valence-corrected chi connectivity index (χ3v) is 4.66. The highest BCUT2D eigenvalue weighted by molar-refractivity contribution is 7.89. The summed E-state index contributed by atoms with van der Waals surface area (Å²) in [5, 5.41) is 2.70. The van der Waals surface area contributed by atoms with Crippen LogP contribution in [0.3, 0.4) is 0 Å². The minimum atomic E-state index is -3.54. The number of benzene rings is 1. The Hall–Kier alpha value is -1.44. The number of carbonyl (C=O) groups is 1. The van der Waals surface area contributed by atoms with E-state index in [1.807, 2.05) is 6.92 Å². The maximum absolute atomic E-state index is 12.0. The van der Waals surface area contributed by atoms with Crippen LogP contribution in [0.4, 0.5) is 5.69 Å². The average molecular weight is 313 g/mol. The molecule has 0 aliphatic rings. The van der Waals surface area contributed by atoms with Crippen molar-refractivity contribution in [2.24, 2.45) is 5.73 Å². The van der Waals surface area contributed by atoms with Crippen LogP contribution in [0.2, 0.25) is 0 Å². The highest BCUT2D eigenvalue weighted by Gasteiger charge is 2.17.